The predicted molar refractivity (Wildman–Crippen MR) is 80.7 cm³/mol. The van der Waals surface area contributed by atoms with Crippen LogP contribution in [0.2, 0.25) is 0 Å². The van der Waals surface area contributed by atoms with E-state index in [9.17, 15) is 5.11 Å². The molecule has 4 heteroatoms. The van der Waals surface area contributed by atoms with E-state index < -0.39 is 6.23 Å². The van der Waals surface area contributed by atoms with Crippen molar-refractivity contribution >= 4 is 5.71 Å². The van der Waals surface area contributed by atoms with Gasteiger partial charge in [-0.05, 0) is 12.8 Å². The molecular formula is C16H30N2O2. The van der Waals surface area contributed by atoms with E-state index in [0.717, 1.165) is 12.8 Å². The molecule has 0 amide bonds. The first kappa shape index (κ1) is 15.8. The lowest BCUT2D eigenvalue weighted by molar-refractivity contribution is -0.565. The fourth-order valence-corrected chi connectivity index (χ4v) is 3.51. The van der Waals surface area contributed by atoms with Crippen molar-refractivity contribution in [1.82, 2.24) is 0 Å². The van der Waals surface area contributed by atoms with Crippen molar-refractivity contribution in [1.29, 1.82) is 0 Å². The Balaban J connectivity index is 2.14. The van der Waals surface area contributed by atoms with Crippen LogP contribution in [0.3, 0.4) is 0 Å². The molecule has 2 fully saturated rings. The molecule has 0 aromatic rings. The van der Waals surface area contributed by atoms with Crippen LogP contribution in [-0.4, -0.2) is 34.1 Å². The molecule has 2 unspecified atom stereocenters. The van der Waals surface area contributed by atoms with Crippen molar-refractivity contribution in [2.45, 2.75) is 84.8 Å². The zero-order valence-corrected chi connectivity index (χ0v) is 13.4. The summed E-state index contributed by atoms with van der Waals surface area (Å²) in [5, 5.41) is 9.91. The lowest BCUT2D eigenvalue weighted by Gasteiger charge is -2.27. The van der Waals surface area contributed by atoms with Gasteiger partial charge >= 0.3 is 0 Å². The number of ether oxygens (including phenoxy) is 1. The summed E-state index contributed by atoms with van der Waals surface area (Å²) in [7, 11) is 0. The van der Waals surface area contributed by atoms with Gasteiger partial charge in [0.25, 0.3) is 6.23 Å². The Morgan fingerprint density at radius 2 is 1.70 bits per heavy atom. The maximum Gasteiger partial charge on any atom is 0.254 e. The van der Waals surface area contributed by atoms with Crippen molar-refractivity contribution in [2.75, 3.05) is 0 Å². The summed E-state index contributed by atoms with van der Waals surface area (Å²) in [6.07, 6.45) is 6.42. The van der Waals surface area contributed by atoms with Crippen molar-refractivity contribution in [3.63, 3.8) is 0 Å². The van der Waals surface area contributed by atoms with Gasteiger partial charge in [0.2, 0.25) is 0 Å². The van der Waals surface area contributed by atoms with E-state index in [2.05, 4.69) is 33.1 Å². The van der Waals surface area contributed by atoms with Crippen LogP contribution in [0, 0.1) is 11.8 Å². The Hall–Kier alpha value is -0.610. The molecule has 2 rings (SSSR count). The number of hydrogen-bond acceptors (Lipinski definition) is 2. The van der Waals surface area contributed by atoms with Crippen LogP contribution >= 0.6 is 0 Å². The maximum atomic E-state index is 9.91. The third-order valence-corrected chi connectivity index (χ3v) is 4.29. The first-order chi connectivity index (χ1) is 9.49. The summed E-state index contributed by atoms with van der Waals surface area (Å²) in [4.78, 5) is 0. The molecule has 1 N–H and O–H groups in total. The van der Waals surface area contributed by atoms with Gasteiger partial charge in [-0.3, -0.25) is 0 Å². The predicted octanol–water partition coefficient (Wildman–Crippen LogP) is 3.44. The minimum absolute atomic E-state index is 0.0760. The van der Waals surface area contributed by atoms with Crippen LogP contribution in [0.25, 0.3) is 5.43 Å². The monoisotopic (exact) mass is 282 g/mol. The lowest BCUT2D eigenvalue weighted by Crippen LogP contribution is -2.35. The summed E-state index contributed by atoms with van der Waals surface area (Å²) >= 11 is 0. The van der Waals surface area contributed by atoms with Crippen molar-refractivity contribution in [3.05, 3.63) is 5.43 Å². The third-order valence-electron chi connectivity index (χ3n) is 4.29. The maximum absolute atomic E-state index is 9.91. The Morgan fingerprint density at radius 1 is 1.10 bits per heavy atom. The second-order valence-corrected chi connectivity index (χ2v) is 6.76. The number of rotatable bonds is 4. The first-order valence-corrected chi connectivity index (χ1v) is 8.19. The highest BCUT2D eigenvalue weighted by Gasteiger charge is 2.34. The highest BCUT2D eigenvalue weighted by atomic mass is 16.5. The standard InChI is InChI=1S/C16H30N2O2/c1-11(2)16(12(3)4)18-15(10-14(19)17-18)20-13-8-6-5-7-9-13/h11-15,19H,5-10H2,1-4H3. The van der Waals surface area contributed by atoms with Crippen LogP contribution in [0.15, 0.2) is 0 Å². The molecule has 116 valence electrons. The van der Waals surface area contributed by atoms with Gasteiger partial charge in [0.15, 0.2) is 5.71 Å². The molecular weight excluding hydrogens is 252 g/mol. The van der Waals surface area contributed by atoms with Gasteiger partial charge in [-0.2, -0.15) is 0 Å². The van der Waals surface area contributed by atoms with Gasteiger partial charge in [-0.15, -0.1) is 0 Å². The zero-order valence-electron chi connectivity index (χ0n) is 13.4. The molecule has 0 aromatic carbocycles. The molecule has 20 heavy (non-hydrogen) atoms. The second-order valence-electron chi connectivity index (χ2n) is 6.76. The number of hydrogen-bond donors (Lipinski definition) is 1. The summed E-state index contributed by atoms with van der Waals surface area (Å²) in [5.41, 5.74) is 5.67. The molecule has 0 radical (unpaired) electrons. The molecule has 2 atom stereocenters. The van der Waals surface area contributed by atoms with Crippen LogP contribution < -0.4 is 0 Å². The Labute approximate surface area is 123 Å². The summed E-state index contributed by atoms with van der Waals surface area (Å²) < 4.78 is 8.25. The van der Waals surface area contributed by atoms with Crippen LogP contribution in [0.4, 0.5) is 0 Å². The minimum atomic E-state index is -0.615. The van der Waals surface area contributed by atoms with E-state index in [-0.39, 0.29) is 6.23 Å². The summed E-state index contributed by atoms with van der Waals surface area (Å²) in [6, 6.07) is 0. The topological polar surface area (TPSA) is 46.6 Å². The highest BCUT2D eigenvalue weighted by molar-refractivity contribution is 5.83. The molecule has 4 nitrogen and oxygen atoms in total. The molecule has 1 heterocycles. The molecule has 0 aromatic heterocycles. The van der Waals surface area contributed by atoms with Crippen LogP contribution in [0.5, 0.6) is 0 Å². The lowest BCUT2D eigenvalue weighted by atomic mass is 9.97. The second kappa shape index (κ2) is 6.90. The van der Waals surface area contributed by atoms with Gasteiger partial charge in [-0.25, -0.2) is 4.68 Å². The SMILES string of the molecule is CC(C)C(C(C)C)=[N+]1[N-]C(O)CC1OC1CCCCC1. The summed E-state index contributed by atoms with van der Waals surface area (Å²) in [6.45, 7) is 8.75. The van der Waals surface area contributed by atoms with Gasteiger partial charge in [0.05, 0.1) is 12.5 Å². The molecule has 0 spiro atoms. The molecule has 1 saturated heterocycles. The first-order valence-electron chi connectivity index (χ1n) is 8.19. The van der Waals surface area contributed by atoms with E-state index >= 15 is 0 Å². The molecule has 1 saturated carbocycles. The Bertz CT molecular complexity index is 336. The van der Waals surface area contributed by atoms with Gasteiger partial charge in [0, 0.05) is 18.1 Å². The number of nitrogens with zero attached hydrogens (tertiary/aromatic N) is 2. The summed E-state index contributed by atoms with van der Waals surface area (Å²) in [5.74, 6) is 0.836. The fraction of sp³-hybridized carbons (Fsp3) is 0.938. The van der Waals surface area contributed by atoms with E-state index in [0.29, 0.717) is 24.4 Å². The van der Waals surface area contributed by atoms with Crippen molar-refractivity contribution in [3.8, 4) is 0 Å². The van der Waals surface area contributed by atoms with Gasteiger partial charge in [-0.1, -0.05) is 47.0 Å². The normalized spacial score (nSPS) is 28.2. The van der Waals surface area contributed by atoms with Crippen molar-refractivity contribution in [2.24, 2.45) is 11.8 Å². The highest BCUT2D eigenvalue weighted by Crippen LogP contribution is 2.29. The average molecular weight is 282 g/mol. The smallest absolute Gasteiger partial charge is 0.254 e. The molecule has 2 aliphatic rings. The van der Waals surface area contributed by atoms with E-state index in [1.807, 2.05) is 4.68 Å². The fourth-order valence-electron chi connectivity index (χ4n) is 3.51. The van der Waals surface area contributed by atoms with Gasteiger partial charge in [0.1, 0.15) is 0 Å². The van der Waals surface area contributed by atoms with Crippen molar-refractivity contribution < 1.29 is 14.5 Å². The molecule has 0 bridgehead atoms. The minimum Gasteiger partial charge on any atom is -0.408 e. The third kappa shape index (κ3) is 3.73. The number of aliphatic hydroxyl groups excluding tert-OH is 1. The molecule has 1 aliphatic heterocycles. The quantitative estimate of drug-likeness (QED) is 0.803. The zero-order chi connectivity index (χ0) is 14.7. The van der Waals surface area contributed by atoms with E-state index in [1.54, 1.807) is 0 Å². The van der Waals surface area contributed by atoms with Crippen LogP contribution in [0.1, 0.15) is 66.2 Å². The Kier molecular flexibility index (Phi) is 5.44. The number of aliphatic hydroxyl groups is 1. The largest absolute Gasteiger partial charge is 0.408 e. The van der Waals surface area contributed by atoms with Gasteiger partial charge < -0.3 is 15.3 Å². The molecule has 1 aliphatic carbocycles. The average Bonchev–Trinajstić information content (AvgIpc) is 2.70. The van der Waals surface area contributed by atoms with Crippen LogP contribution in [-0.2, 0) is 4.74 Å². The Morgan fingerprint density at radius 3 is 2.25 bits per heavy atom. The van der Waals surface area contributed by atoms with E-state index in [1.165, 1.54) is 25.0 Å². The van der Waals surface area contributed by atoms with E-state index in [4.69, 9.17) is 4.74 Å².